The molecule has 0 spiro atoms. The van der Waals surface area contributed by atoms with Crippen LogP contribution in [0.1, 0.15) is 31.2 Å². The normalized spacial score (nSPS) is 17.1. The van der Waals surface area contributed by atoms with Crippen molar-refractivity contribution in [1.29, 1.82) is 0 Å². The molecule has 0 radical (unpaired) electrons. The van der Waals surface area contributed by atoms with Crippen LogP contribution < -0.4 is 5.73 Å². The first-order valence-electron chi connectivity index (χ1n) is 6.26. The molecular weight excluding hydrogens is 231 g/mol. The van der Waals surface area contributed by atoms with Crippen molar-refractivity contribution in [2.24, 2.45) is 5.73 Å². The Labute approximate surface area is 107 Å². The zero-order valence-corrected chi connectivity index (χ0v) is 10.7. The number of nitrogens with zero attached hydrogens (tertiary/aromatic N) is 1. The van der Waals surface area contributed by atoms with E-state index in [0.717, 1.165) is 19.3 Å². The number of halogens is 1. The van der Waals surface area contributed by atoms with Crippen molar-refractivity contribution < 1.29 is 9.18 Å². The molecule has 0 bridgehead atoms. The van der Waals surface area contributed by atoms with Crippen molar-refractivity contribution in [1.82, 2.24) is 4.90 Å². The van der Waals surface area contributed by atoms with Gasteiger partial charge in [-0.25, -0.2) is 4.39 Å². The molecule has 0 heterocycles. The molecule has 1 saturated carbocycles. The zero-order valence-electron chi connectivity index (χ0n) is 10.7. The molecule has 1 aliphatic carbocycles. The molecule has 3 nitrogen and oxygen atoms in total. The summed E-state index contributed by atoms with van der Waals surface area (Å²) in [6.45, 7) is 0.293. The number of nitrogens with two attached hydrogens (primary N) is 1. The highest BCUT2D eigenvalue weighted by molar-refractivity contribution is 5.77. The quantitative estimate of drug-likeness (QED) is 0.889. The Morgan fingerprint density at radius 2 is 2.11 bits per heavy atom. The Morgan fingerprint density at radius 3 is 2.67 bits per heavy atom. The molecule has 4 heteroatoms. The largest absolute Gasteiger partial charge is 0.341 e. The van der Waals surface area contributed by atoms with Gasteiger partial charge in [-0.05, 0) is 25.3 Å². The highest BCUT2D eigenvalue weighted by Gasteiger charge is 2.35. The van der Waals surface area contributed by atoms with Crippen LogP contribution in [0.5, 0.6) is 0 Å². The minimum atomic E-state index is -0.319. The number of carbonyl (C=O) groups excluding carboxylic acids is 1. The van der Waals surface area contributed by atoms with Crippen molar-refractivity contribution in [3.8, 4) is 0 Å². The SMILES string of the molecule is CN(Cc1ccccc1F)C(=O)CC1(N)CCC1. The van der Waals surface area contributed by atoms with Crippen molar-refractivity contribution >= 4 is 5.91 Å². The van der Waals surface area contributed by atoms with E-state index < -0.39 is 0 Å². The van der Waals surface area contributed by atoms with Gasteiger partial charge in [0.15, 0.2) is 0 Å². The fraction of sp³-hybridized carbons (Fsp3) is 0.500. The summed E-state index contributed by atoms with van der Waals surface area (Å²) in [7, 11) is 1.69. The number of hydrogen-bond acceptors (Lipinski definition) is 2. The molecule has 18 heavy (non-hydrogen) atoms. The molecule has 1 aromatic rings. The molecule has 1 fully saturated rings. The molecule has 0 atom stereocenters. The van der Waals surface area contributed by atoms with Gasteiger partial charge in [-0.3, -0.25) is 4.79 Å². The van der Waals surface area contributed by atoms with Crippen molar-refractivity contribution in [2.45, 2.75) is 37.8 Å². The third-order valence-electron chi connectivity index (χ3n) is 3.64. The second-order valence-electron chi connectivity index (χ2n) is 5.23. The molecule has 0 saturated heterocycles. The van der Waals surface area contributed by atoms with E-state index in [1.807, 2.05) is 0 Å². The van der Waals surface area contributed by atoms with Crippen LogP contribution in [0.4, 0.5) is 4.39 Å². The summed E-state index contributed by atoms with van der Waals surface area (Å²) in [5, 5.41) is 0. The highest BCUT2D eigenvalue weighted by atomic mass is 19.1. The number of benzene rings is 1. The number of rotatable bonds is 4. The Bertz CT molecular complexity index is 443. The molecule has 2 rings (SSSR count). The van der Waals surface area contributed by atoms with Crippen LogP contribution in [0.2, 0.25) is 0 Å². The molecule has 0 aromatic heterocycles. The van der Waals surface area contributed by atoms with Crippen LogP contribution >= 0.6 is 0 Å². The van der Waals surface area contributed by atoms with E-state index in [4.69, 9.17) is 5.73 Å². The molecular formula is C14H19FN2O. The second-order valence-corrected chi connectivity index (χ2v) is 5.23. The molecule has 0 aliphatic heterocycles. The monoisotopic (exact) mass is 250 g/mol. The second kappa shape index (κ2) is 5.06. The molecule has 1 aliphatic rings. The van der Waals surface area contributed by atoms with Crippen LogP contribution in [-0.2, 0) is 11.3 Å². The lowest BCUT2D eigenvalue weighted by Gasteiger charge is -2.38. The van der Waals surface area contributed by atoms with Crippen molar-refractivity contribution in [2.75, 3.05) is 7.05 Å². The van der Waals surface area contributed by atoms with E-state index in [2.05, 4.69) is 0 Å². The zero-order chi connectivity index (χ0) is 13.2. The van der Waals surface area contributed by atoms with E-state index in [0.29, 0.717) is 18.5 Å². The van der Waals surface area contributed by atoms with Gasteiger partial charge in [0.25, 0.3) is 0 Å². The summed E-state index contributed by atoms with van der Waals surface area (Å²) in [4.78, 5) is 13.5. The third-order valence-corrected chi connectivity index (χ3v) is 3.64. The summed E-state index contributed by atoms with van der Waals surface area (Å²) in [6, 6.07) is 6.52. The van der Waals surface area contributed by atoms with Crippen LogP contribution in [0.15, 0.2) is 24.3 Å². The van der Waals surface area contributed by atoms with E-state index in [1.54, 1.807) is 30.1 Å². The van der Waals surface area contributed by atoms with Gasteiger partial charge < -0.3 is 10.6 Å². The lowest BCUT2D eigenvalue weighted by Crippen LogP contribution is -2.50. The fourth-order valence-electron chi connectivity index (χ4n) is 2.21. The molecule has 98 valence electrons. The Balaban J connectivity index is 1.93. The van der Waals surface area contributed by atoms with Crippen LogP contribution in [0.3, 0.4) is 0 Å². The number of hydrogen-bond donors (Lipinski definition) is 1. The molecule has 0 unspecified atom stereocenters. The van der Waals surface area contributed by atoms with E-state index in [9.17, 15) is 9.18 Å². The first kappa shape index (κ1) is 13.0. The summed E-state index contributed by atoms with van der Waals surface area (Å²) in [6.07, 6.45) is 3.28. The van der Waals surface area contributed by atoms with Gasteiger partial charge in [-0.15, -0.1) is 0 Å². The molecule has 1 aromatic carbocycles. The van der Waals surface area contributed by atoms with Gasteiger partial charge in [0.2, 0.25) is 5.91 Å². The summed E-state index contributed by atoms with van der Waals surface area (Å²) in [5.41, 5.74) is 6.26. The average Bonchev–Trinajstić information content (AvgIpc) is 2.30. The fourth-order valence-corrected chi connectivity index (χ4v) is 2.21. The van der Waals surface area contributed by atoms with Crippen LogP contribution in [-0.4, -0.2) is 23.4 Å². The van der Waals surface area contributed by atoms with Crippen molar-refractivity contribution in [3.63, 3.8) is 0 Å². The van der Waals surface area contributed by atoms with Gasteiger partial charge in [0.1, 0.15) is 5.82 Å². The summed E-state index contributed by atoms with van der Waals surface area (Å²) in [5.74, 6) is -0.288. The van der Waals surface area contributed by atoms with Crippen LogP contribution in [0, 0.1) is 5.82 Å². The van der Waals surface area contributed by atoms with Crippen molar-refractivity contribution in [3.05, 3.63) is 35.6 Å². The first-order chi connectivity index (χ1) is 8.50. The minimum absolute atomic E-state index is 0.0135. The summed E-state index contributed by atoms with van der Waals surface area (Å²) >= 11 is 0. The van der Waals surface area contributed by atoms with Crippen LogP contribution in [0.25, 0.3) is 0 Å². The van der Waals surface area contributed by atoms with Gasteiger partial charge >= 0.3 is 0 Å². The topological polar surface area (TPSA) is 46.3 Å². The lowest BCUT2D eigenvalue weighted by atomic mass is 9.75. The predicted molar refractivity (Wildman–Crippen MR) is 68.3 cm³/mol. The minimum Gasteiger partial charge on any atom is -0.341 e. The maximum Gasteiger partial charge on any atom is 0.224 e. The van der Waals surface area contributed by atoms with Gasteiger partial charge in [-0.2, -0.15) is 0 Å². The van der Waals surface area contributed by atoms with Gasteiger partial charge in [0.05, 0.1) is 0 Å². The van der Waals surface area contributed by atoms with Gasteiger partial charge in [0, 0.05) is 31.1 Å². The van der Waals surface area contributed by atoms with E-state index in [1.165, 1.54) is 6.07 Å². The Kier molecular flexibility index (Phi) is 3.66. The Hall–Kier alpha value is -1.42. The average molecular weight is 250 g/mol. The predicted octanol–water partition coefficient (Wildman–Crippen LogP) is 2.06. The van der Waals surface area contributed by atoms with E-state index in [-0.39, 0.29) is 17.3 Å². The first-order valence-corrected chi connectivity index (χ1v) is 6.26. The standard InChI is InChI=1S/C14H19FN2O/c1-17(10-11-5-2-3-6-12(11)15)13(18)9-14(16)7-4-8-14/h2-3,5-6H,4,7-10,16H2,1H3. The highest BCUT2D eigenvalue weighted by Crippen LogP contribution is 2.32. The van der Waals surface area contributed by atoms with Gasteiger partial charge in [-0.1, -0.05) is 18.2 Å². The Morgan fingerprint density at radius 1 is 1.44 bits per heavy atom. The number of carbonyl (C=O) groups is 1. The summed E-state index contributed by atoms with van der Waals surface area (Å²) < 4.78 is 13.5. The smallest absolute Gasteiger partial charge is 0.224 e. The van der Waals surface area contributed by atoms with E-state index >= 15 is 0 Å². The molecule has 1 amide bonds. The number of amides is 1. The maximum absolute atomic E-state index is 13.5. The lowest BCUT2D eigenvalue weighted by molar-refractivity contribution is -0.132. The third kappa shape index (κ3) is 2.88. The molecule has 2 N–H and O–H groups in total. The maximum atomic E-state index is 13.5.